The highest BCUT2D eigenvalue weighted by atomic mass is 16.2. The molecular weight excluding hydrogens is 162 g/mol. The van der Waals surface area contributed by atoms with Crippen molar-refractivity contribution in [2.24, 2.45) is 17.8 Å². The van der Waals surface area contributed by atoms with Crippen molar-refractivity contribution in [1.82, 2.24) is 5.32 Å². The molecule has 1 saturated carbocycles. The molecule has 13 heavy (non-hydrogen) atoms. The maximum absolute atomic E-state index is 11.7. The van der Waals surface area contributed by atoms with E-state index < -0.39 is 0 Å². The van der Waals surface area contributed by atoms with Crippen molar-refractivity contribution in [3.05, 3.63) is 0 Å². The summed E-state index contributed by atoms with van der Waals surface area (Å²) in [5.74, 6) is 1.74. The second-order valence-electron chi connectivity index (χ2n) is 5.20. The zero-order valence-electron chi connectivity index (χ0n) is 9.35. The van der Waals surface area contributed by atoms with Crippen LogP contribution in [-0.4, -0.2) is 11.4 Å². The summed E-state index contributed by atoms with van der Waals surface area (Å²) in [6.45, 7) is 10.4. The van der Waals surface area contributed by atoms with Gasteiger partial charge in [0.05, 0.1) is 0 Å². The summed E-state index contributed by atoms with van der Waals surface area (Å²) in [6, 6.07) is 0. The number of rotatable bonds is 2. The molecule has 1 aliphatic rings. The van der Waals surface area contributed by atoms with Gasteiger partial charge in [-0.05, 0) is 32.6 Å². The summed E-state index contributed by atoms with van der Waals surface area (Å²) in [5, 5.41) is 3.04. The lowest BCUT2D eigenvalue weighted by Gasteiger charge is -2.20. The molecule has 1 N–H and O–H groups in total. The smallest absolute Gasteiger partial charge is 0.224 e. The van der Waals surface area contributed by atoms with Crippen LogP contribution in [0.5, 0.6) is 0 Å². The van der Waals surface area contributed by atoms with Gasteiger partial charge in [0.25, 0.3) is 0 Å². The third-order valence-electron chi connectivity index (χ3n) is 2.83. The van der Waals surface area contributed by atoms with Gasteiger partial charge in [0.1, 0.15) is 0 Å². The van der Waals surface area contributed by atoms with Gasteiger partial charge >= 0.3 is 0 Å². The molecule has 0 aromatic rings. The SMILES string of the molecule is CC[C@@H]1[C@H](C)[C@H]1C(=O)NC(C)(C)C. The molecular formula is C11H21NO. The van der Waals surface area contributed by atoms with Crippen molar-refractivity contribution >= 4 is 5.91 Å². The van der Waals surface area contributed by atoms with Gasteiger partial charge in [-0.15, -0.1) is 0 Å². The highest BCUT2D eigenvalue weighted by Gasteiger charge is 2.50. The molecule has 0 bridgehead atoms. The van der Waals surface area contributed by atoms with Crippen molar-refractivity contribution in [3.8, 4) is 0 Å². The number of amides is 1. The first-order valence-corrected chi connectivity index (χ1v) is 5.19. The largest absolute Gasteiger partial charge is 0.351 e. The molecule has 1 rings (SSSR count). The third kappa shape index (κ3) is 2.45. The van der Waals surface area contributed by atoms with Crippen LogP contribution < -0.4 is 5.32 Å². The lowest BCUT2D eigenvalue weighted by Crippen LogP contribution is -2.41. The molecule has 3 atom stereocenters. The maximum Gasteiger partial charge on any atom is 0.224 e. The second kappa shape index (κ2) is 3.32. The minimum atomic E-state index is -0.0856. The Hall–Kier alpha value is -0.530. The van der Waals surface area contributed by atoms with E-state index in [4.69, 9.17) is 0 Å². The van der Waals surface area contributed by atoms with Crippen LogP contribution in [0.15, 0.2) is 0 Å². The van der Waals surface area contributed by atoms with E-state index >= 15 is 0 Å². The molecule has 0 spiro atoms. The van der Waals surface area contributed by atoms with Gasteiger partial charge in [-0.25, -0.2) is 0 Å². The lowest BCUT2D eigenvalue weighted by molar-refractivity contribution is -0.124. The van der Waals surface area contributed by atoms with E-state index in [2.05, 4.69) is 19.2 Å². The van der Waals surface area contributed by atoms with Crippen molar-refractivity contribution in [2.45, 2.75) is 46.6 Å². The van der Waals surface area contributed by atoms with Crippen LogP contribution in [0.3, 0.4) is 0 Å². The zero-order chi connectivity index (χ0) is 10.2. The Morgan fingerprint density at radius 2 is 1.92 bits per heavy atom. The number of hydrogen-bond acceptors (Lipinski definition) is 1. The number of hydrogen-bond donors (Lipinski definition) is 1. The standard InChI is InChI=1S/C11H21NO/c1-6-8-7(2)9(8)10(13)12-11(3,4)5/h7-9H,6H2,1-5H3,(H,12,13)/t7-,8+,9+/m0/s1. The van der Waals surface area contributed by atoms with Gasteiger partial charge in [0.15, 0.2) is 0 Å². The molecule has 2 nitrogen and oxygen atoms in total. The van der Waals surface area contributed by atoms with Crippen molar-refractivity contribution in [3.63, 3.8) is 0 Å². The van der Waals surface area contributed by atoms with Crippen molar-refractivity contribution in [2.75, 3.05) is 0 Å². The topological polar surface area (TPSA) is 29.1 Å². The molecule has 2 heteroatoms. The van der Waals surface area contributed by atoms with Crippen LogP contribution in [-0.2, 0) is 4.79 Å². The van der Waals surface area contributed by atoms with E-state index in [1.165, 1.54) is 0 Å². The average molecular weight is 183 g/mol. The highest BCUT2D eigenvalue weighted by Crippen LogP contribution is 2.48. The fraction of sp³-hybridized carbons (Fsp3) is 0.909. The summed E-state index contributed by atoms with van der Waals surface area (Å²) >= 11 is 0. The molecule has 0 aliphatic heterocycles. The zero-order valence-corrected chi connectivity index (χ0v) is 9.35. The normalized spacial score (nSPS) is 32.8. The molecule has 0 unspecified atom stereocenters. The van der Waals surface area contributed by atoms with E-state index in [-0.39, 0.29) is 17.4 Å². The summed E-state index contributed by atoms with van der Waals surface area (Å²) in [4.78, 5) is 11.7. The number of carbonyl (C=O) groups excluding carboxylic acids is 1. The van der Waals surface area contributed by atoms with Crippen LogP contribution in [0.4, 0.5) is 0 Å². The first-order valence-electron chi connectivity index (χ1n) is 5.19. The fourth-order valence-corrected chi connectivity index (χ4v) is 2.06. The Balaban J connectivity index is 2.43. The summed E-state index contributed by atoms with van der Waals surface area (Å²) in [7, 11) is 0. The molecule has 0 saturated heterocycles. The Kier molecular flexibility index (Phi) is 2.69. The molecule has 0 heterocycles. The van der Waals surface area contributed by atoms with Gasteiger partial charge in [-0.3, -0.25) is 4.79 Å². The van der Waals surface area contributed by atoms with Gasteiger partial charge in [0, 0.05) is 11.5 Å². The second-order valence-corrected chi connectivity index (χ2v) is 5.20. The van der Waals surface area contributed by atoms with E-state index in [9.17, 15) is 4.79 Å². The maximum atomic E-state index is 11.7. The molecule has 76 valence electrons. The van der Waals surface area contributed by atoms with Gasteiger partial charge in [0.2, 0.25) is 5.91 Å². The molecule has 0 aromatic carbocycles. The van der Waals surface area contributed by atoms with Gasteiger partial charge < -0.3 is 5.32 Å². The van der Waals surface area contributed by atoms with Gasteiger partial charge in [-0.2, -0.15) is 0 Å². The molecule has 0 aromatic heterocycles. The molecule has 1 fully saturated rings. The minimum absolute atomic E-state index is 0.0856. The Labute approximate surface area is 81.1 Å². The summed E-state index contributed by atoms with van der Waals surface area (Å²) in [6.07, 6.45) is 1.13. The average Bonchev–Trinajstić information content (AvgIpc) is 2.57. The predicted molar refractivity (Wildman–Crippen MR) is 54.3 cm³/mol. The van der Waals surface area contributed by atoms with Crippen molar-refractivity contribution < 1.29 is 4.79 Å². The lowest BCUT2D eigenvalue weighted by atomic mass is 10.1. The van der Waals surface area contributed by atoms with Crippen LogP contribution >= 0.6 is 0 Å². The summed E-state index contributed by atoms with van der Waals surface area (Å²) < 4.78 is 0. The minimum Gasteiger partial charge on any atom is -0.351 e. The molecule has 1 amide bonds. The Bertz CT molecular complexity index is 205. The fourth-order valence-electron chi connectivity index (χ4n) is 2.06. The van der Waals surface area contributed by atoms with Crippen molar-refractivity contribution in [1.29, 1.82) is 0 Å². The first kappa shape index (κ1) is 10.6. The molecule has 0 radical (unpaired) electrons. The predicted octanol–water partition coefficient (Wildman–Crippen LogP) is 2.19. The summed E-state index contributed by atoms with van der Waals surface area (Å²) in [5.41, 5.74) is -0.0856. The van der Waals surface area contributed by atoms with Crippen LogP contribution in [0.1, 0.15) is 41.0 Å². The Morgan fingerprint density at radius 3 is 2.23 bits per heavy atom. The quantitative estimate of drug-likeness (QED) is 0.698. The monoisotopic (exact) mass is 183 g/mol. The highest BCUT2D eigenvalue weighted by molar-refractivity contribution is 5.82. The van der Waals surface area contributed by atoms with E-state index in [1.54, 1.807) is 0 Å². The van der Waals surface area contributed by atoms with Gasteiger partial charge in [-0.1, -0.05) is 20.3 Å². The third-order valence-corrected chi connectivity index (χ3v) is 2.83. The number of carbonyl (C=O) groups is 1. The molecule has 1 aliphatic carbocycles. The van der Waals surface area contributed by atoms with E-state index in [0.29, 0.717) is 11.8 Å². The van der Waals surface area contributed by atoms with E-state index in [0.717, 1.165) is 6.42 Å². The Morgan fingerprint density at radius 1 is 1.38 bits per heavy atom. The van der Waals surface area contributed by atoms with Crippen LogP contribution in [0.2, 0.25) is 0 Å². The van der Waals surface area contributed by atoms with E-state index in [1.807, 2.05) is 20.8 Å². The number of nitrogens with one attached hydrogen (secondary N) is 1. The first-order chi connectivity index (χ1) is 5.87. The van der Waals surface area contributed by atoms with Crippen LogP contribution in [0.25, 0.3) is 0 Å². The van der Waals surface area contributed by atoms with Crippen LogP contribution in [0, 0.1) is 17.8 Å².